The van der Waals surface area contributed by atoms with E-state index >= 15 is 0 Å². The molecule has 27 heavy (non-hydrogen) atoms. The molecular weight excluding hydrogens is 346 g/mol. The molecule has 0 bridgehead atoms. The second-order valence-corrected chi connectivity index (χ2v) is 6.57. The van der Waals surface area contributed by atoms with Gasteiger partial charge in [0.15, 0.2) is 0 Å². The number of aryl methyl sites for hydroxylation is 2. The normalized spacial score (nSPS) is 14.1. The average molecular weight is 371 g/mol. The Morgan fingerprint density at radius 1 is 1.15 bits per heavy atom. The zero-order valence-electron chi connectivity index (χ0n) is 15.7. The van der Waals surface area contributed by atoms with Crippen LogP contribution in [0.5, 0.6) is 0 Å². The third-order valence-electron chi connectivity index (χ3n) is 4.41. The predicted octanol–water partition coefficient (Wildman–Crippen LogP) is 0.711. The second kappa shape index (κ2) is 8.61. The summed E-state index contributed by atoms with van der Waals surface area (Å²) < 4.78 is 1.14. The molecule has 0 spiro atoms. The number of anilines is 2. The van der Waals surface area contributed by atoms with Gasteiger partial charge in [-0.2, -0.15) is 5.10 Å². The van der Waals surface area contributed by atoms with Crippen LogP contribution in [-0.2, 0) is 7.05 Å². The van der Waals surface area contributed by atoms with E-state index in [2.05, 4.69) is 30.6 Å². The van der Waals surface area contributed by atoms with Crippen LogP contribution >= 0.6 is 0 Å². The lowest BCUT2D eigenvalue weighted by molar-refractivity contribution is 0.0948. The second-order valence-electron chi connectivity index (χ2n) is 6.57. The minimum atomic E-state index is -0.319. The number of piperidine rings is 1. The van der Waals surface area contributed by atoms with Gasteiger partial charge < -0.3 is 15.5 Å². The van der Waals surface area contributed by atoms with Crippen LogP contribution in [0.3, 0.4) is 0 Å². The molecule has 0 radical (unpaired) electrons. The van der Waals surface area contributed by atoms with E-state index < -0.39 is 0 Å². The van der Waals surface area contributed by atoms with Crippen molar-refractivity contribution < 1.29 is 4.79 Å². The first-order valence-corrected chi connectivity index (χ1v) is 9.20. The van der Waals surface area contributed by atoms with Gasteiger partial charge in [0.2, 0.25) is 0 Å². The Bertz CT molecular complexity index is 859. The van der Waals surface area contributed by atoms with Crippen molar-refractivity contribution in [1.29, 1.82) is 0 Å². The summed E-state index contributed by atoms with van der Waals surface area (Å²) in [6.45, 7) is 4.86. The number of carbonyl (C=O) groups excluding carboxylic acids is 1. The summed E-state index contributed by atoms with van der Waals surface area (Å²) in [6.07, 6.45) is 3.66. The molecule has 0 atom stereocenters. The van der Waals surface area contributed by atoms with E-state index in [1.807, 2.05) is 13.0 Å². The number of hydrogen-bond acceptors (Lipinski definition) is 7. The lowest BCUT2D eigenvalue weighted by atomic mass is 10.1. The fourth-order valence-electron chi connectivity index (χ4n) is 3.01. The lowest BCUT2D eigenvalue weighted by Crippen LogP contribution is -2.32. The zero-order valence-corrected chi connectivity index (χ0v) is 15.7. The van der Waals surface area contributed by atoms with Crippen LogP contribution in [0.15, 0.2) is 23.0 Å². The largest absolute Gasteiger partial charge is 0.368 e. The van der Waals surface area contributed by atoms with Gasteiger partial charge in [0.1, 0.15) is 23.2 Å². The Balaban J connectivity index is 1.52. The number of aromatic nitrogens is 4. The van der Waals surface area contributed by atoms with E-state index in [0.29, 0.717) is 13.1 Å². The standard InChI is InChI=1S/C18H25N7O2/c1-13-21-15(12-16(22-13)25-10-4-3-5-11-25)19-8-9-20-18(27)14-6-7-17(26)24(2)23-14/h6-7,12H,3-5,8-11H2,1-2H3,(H,20,27)(H,19,21,22). The van der Waals surface area contributed by atoms with Crippen molar-refractivity contribution in [2.24, 2.45) is 7.05 Å². The Kier molecular flexibility index (Phi) is 6.00. The summed E-state index contributed by atoms with van der Waals surface area (Å²) in [7, 11) is 1.51. The Morgan fingerprint density at radius 3 is 2.67 bits per heavy atom. The van der Waals surface area contributed by atoms with Crippen molar-refractivity contribution in [3.63, 3.8) is 0 Å². The summed E-state index contributed by atoms with van der Waals surface area (Å²) in [6, 6.07) is 4.70. The molecule has 1 fully saturated rings. The van der Waals surface area contributed by atoms with Crippen LogP contribution < -0.4 is 21.1 Å². The molecule has 1 aliphatic heterocycles. The fourth-order valence-corrected chi connectivity index (χ4v) is 3.01. The highest BCUT2D eigenvalue weighted by atomic mass is 16.2. The van der Waals surface area contributed by atoms with Gasteiger partial charge in [-0.05, 0) is 32.3 Å². The summed E-state index contributed by atoms with van der Waals surface area (Å²) in [5.41, 5.74) is -0.0424. The van der Waals surface area contributed by atoms with Crippen molar-refractivity contribution >= 4 is 17.5 Å². The first kappa shape index (κ1) is 18.8. The molecule has 0 saturated carbocycles. The molecular formula is C18H25N7O2. The molecule has 0 aliphatic carbocycles. The minimum Gasteiger partial charge on any atom is -0.368 e. The van der Waals surface area contributed by atoms with Crippen molar-refractivity contribution in [1.82, 2.24) is 25.1 Å². The van der Waals surface area contributed by atoms with Gasteiger partial charge in [-0.15, -0.1) is 0 Å². The topological polar surface area (TPSA) is 105 Å². The molecule has 0 unspecified atom stereocenters. The Labute approximate surface area is 157 Å². The zero-order chi connectivity index (χ0) is 19.2. The van der Waals surface area contributed by atoms with Crippen LogP contribution in [0.2, 0.25) is 0 Å². The molecule has 2 aromatic heterocycles. The predicted molar refractivity (Wildman–Crippen MR) is 103 cm³/mol. The number of rotatable bonds is 6. The molecule has 1 saturated heterocycles. The molecule has 3 heterocycles. The third kappa shape index (κ3) is 5.02. The average Bonchev–Trinajstić information content (AvgIpc) is 2.67. The number of nitrogens with one attached hydrogen (secondary N) is 2. The van der Waals surface area contributed by atoms with Crippen LogP contribution in [-0.4, -0.2) is 51.8 Å². The van der Waals surface area contributed by atoms with Gasteiger partial charge in [-0.25, -0.2) is 14.6 Å². The van der Waals surface area contributed by atoms with Gasteiger partial charge in [0.25, 0.3) is 11.5 Å². The van der Waals surface area contributed by atoms with Crippen LogP contribution in [0.1, 0.15) is 35.6 Å². The van der Waals surface area contributed by atoms with Crippen LogP contribution in [0.25, 0.3) is 0 Å². The molecule has 144 valence electrons. The highest BCUT2D eigenvalue weighted by molar-refractivity contribution is 5.91. The Hall–Kier alpha value is -2.97. The monoisotopic (exact) mass is 371 g/mol. The molecule has 0 aromatic carbocycles. The molecule has 1 aliphatic rings. The maximum Gasteiger partial charge on any atom is 0.271 e. The van der Waals surface area contributed by atoms with Crippen molar-refractivity contribution in [3.05, 3.63) is 40.1 Å². The number of hydrogen-bond donors (Lipinski definition) is 2. The number of amides is 1. The van der Waals surface area contributed by atoms with E-state index in [4.69, 9.17) is 0 Å². The Morgan fingerprint density at radius 2 is 1.93 bits per heavy atom. The summed E-state index contributed by atoms with van der Waals surface area (Å²) >= 11 is 0. The third-order valence-corrected chi connectivity index (χ3v) is 4.41. The van der Waals surface area contributed by atoms with E-state index in [-0.39, 0.29) is 17.2 Å². The maximum atomic E-state index is 12.1. The van der Waals surface area contributed by atoms with Gasteiger partial charge in [0, 0.05) is 45.4 Å². The first-order chi connectivity index (χ1) is 13.0. The van der Waals surface area contributed by atoms with E-state index in [9.17, 15) is 9.59 Å². The fraction of sp³-hybridized carbons (Fsp3) is 0.500. The molecule has 2 aromatic rings. The summed E-state index contributed by atoms with van der Waals surface area (Å²) in [5, 5.41) is 9.93. The van der Waals surface area contributed by atoms with Crippen LogP contribution in [0, 0.1) is 6.92 Å². The van der Waals surface area contributed by atoms with Gasteiger partial charge in [-0.3, -0.25) is 9.59 Å². The molecule has 9 heteroatoms. The van der Waals surface area contributed by atoms with E-state index in [1.54, 1.807) is 0 Å². The molecule has 1 amide bonds. The molecule has 2 N–H and O–H groups in total. The maximum absolute atomic E-state index is 12.1. The molecule has 9 nitrogen and oxygen atoms in total. The highest BCUT2D eigenvalue weighted by Crippen LogP contribution is 2.20. The van der Waals surface area contributed by atoms with Crippen molar-refractivity contribution in [2.45, 2.75) is 26.2 Å². The van der Waals surface area contributed by atoms with E-state index in [0.717, 1.165) is 35.2 Å². The van der Waals surface area contributed by atoms with Gasteiger partial charge in [0.05, 0.1) is 0 Å². The highest BCUT2D eigenvalue weighted by Gasteiger charge is 2.14. The quantitative estimate of drug-likeness (QED) is 0.721. The lowest BCUT2D eigenvalue weighted by Gasteiger charge is -2.28. The molecule has 3 rings (SSSR count). The number of nitrogens with zero attached hydrogens (tertiary/aromatic N) is 5. The number of carbonyl (C=O) groups is 1. The van der Waals surface area contributed by atoms with Crippen molar-refractivity contribution in [2.75, 3.05) is 36.4 Å². The van der Waals surface area contributed by atoms with Gasteiger partial charge in [-0.1, -0.05) is 0 Å². The van der Waals surface area contributed by atoms with E-state index in [1.165, 1.54) is 38.4 Å². The minimum absolute atomic E-state index is 0.211. The van der Waals surface area contributed by atoms with Gasteiger partial charge >= 0.3 is 0 Å². The summed E-state index contributed by atoms with van der Waals surface area (Å²) in [4.78, 5) is 34.6. The smallest absolute Gasteiger partial charge is 0.271 e. The van der Waals surface area contributed by atoms with Crippen LogP contribution in [0.4, 0.5) is 11.6 Å². The SMILES string of the molecule is Cc1nc(NCCNC(=O)c2ccc(=O)n(C)n2)cc(N2CCCCC2)n1. The first-order valence-electron chi connectivity index (χ1n) is 9.20. The summed E-state index contributed by atoms with van der Waals surface area (Å²) in [5.74, 6) is 2.10. The van der Waals surface area contributed by atoms with Crippen molar-refractivity contribution in [3.8, 4) is 0 Å².